The van der Waals surface area contributed by atoms with Gasteiger partial charge in [0.1, 0.15) is 6.33 Å². The highest BCUT2D eigenvalue weighted by Gasteiger charge is 2.04. The van der Waals surface area contributed by atoms with Gasteiger partial charge in [0.15, 0.2) is 0 Å². The molecule has 2 aromatic heterocycles. The fourth-order valence-electron chi connectivity index (χ4n) is 1.03. The van der Waals surface area contributed by atoms with Gasteiger partial charge in [-0.25, -0.2) is 15.0 Å². The molecule has 3 nitrogen and oxygen atoms in total. The van der Waals surface area contributed by atoms with Crippen molar-refractivity contribution >= 4 is 0 Å². The lowest BCUT2D eigenvalue weighted by atomic mass is 10.2. The van der Waals surface area contributed by atoms with Gasteiger partial charge in [0.25, 0.3) is 0 Å². The first-order valence-electron chi connectivity index (χ1n) is 3.75. The third-order valence-electron chi connectivity index (χ3n) is 1.62. The lowest BCUT2D eigenvalue weighted by molar-refractivity contribution is 0.587. The fraction of sp³-hybridized carbons (Fsp3) is 0. The van der Waals surface area contributed by atoms with Gasteiger partial charge in [0.2, 0.25) is 5.95 Å². The van der Waals surface area contributed by atoms with E-state index in [0.29, 0.717) is 11.3 Å². The summed E-state index contributed by atoms with van der Waals surface area (Å²) >= 11 is 0. The summed E-state index contributed by atoms with van der Waals surface area (Å²) in [5, 5.41) is 0. The highest BCUT2D eigenvalue weighted by atomic mass is 19.1. The molecule has 0 fully saturated rings. The molecule has 0 radical (unpaired) electrons. The lowest BCUT2D eigenvalue weighted by Crippen LogP contribution is -1.90. The Morgan fingerprint density at radius 1 is 1.08 bits per heavy atom. The van der Waals surface area contributed by atoms with Crippen LogP contribution in [0, 0.1) is 5.95 Å². The van der Waals surface area contributed by atoms with Crippen LogP contribution in [0.4, 0.5) is 4.39 Å². The molecule has 0 spiro atoms. The molecular weight excluding hydrogens is 169 g/mol. The van der Waals surface area contributed by atoms with Crippen LogP contribution in [0.5, 0.6) is 0 Å². The topological polar surface area (TPSA) is 38.7 Å². The van der Waals surface area contributed by atoms with Crippen LogP contribution in [0.2, 0.25) is 0 Å². The number of halogens is 1. The van der Waals surface area contributed by atoms with Gasteiger partial charge in [-0.1, -0.05) is 0 Å². The molecule has 0 aliphatic heterocycles. The van der Waals surface area contributed by atoms with Crippen LogP contribution in [-0.2, 0) is 0 Å². The van der Waals surface area contributed by atoms with Gasteiger partial charge >= 0.3 is 0 Å². The summed E-state index contributed by atoms with van der Waals surface area (Å²) < 4.78 is 13.1. The number of rotatable bonds is 1. The molecule has 0 unspecified atom stereocenters. The Balaban J connectivity index is 2.54. The van der Waals surface area contributed by atoms with Crippen LogP contribution >= 0.6 is 0 Å². The van der Waals surface area contributed by atoms with E-state index in [1.54, 1.807) is 24.4 Å². The van der Waals surface area contributed by atoms with Crippen LogP contribution in [0.1, 0.15) is 0 Å². The predicted molar refractivity (Wildman–Crippen MR) is 45.2 cm³/mol. The minimum atomic E-state index is -0.513. The first-order chi connectivity index (χ1) is 6.38. The third kappa shape index (κ3) is 1.51. The van der Waals surface area contributed by atoms with Crippen LogP contribution in [-0.4, -0.2) is 15.0 Å². The largest absolute Gasteiger partial charge is 0.245 e. The molecule has 0 aliphatic rings. The van der Waals surface area contributed by atoms with Crippen molar-refractivity contribution < 1.29 is 4.39 Å². The Kier molecular flexibility index (Phi) is 1.96. The molecule has 0 aliphatic carbocycles. The first kappa shape index (κ1) is 7.79. The smallest absolute Gasteiger partial charge is 0.222 e. The van der Waals surface area contributed by atoms with E-state index in [0.717, 1.165) is 0 Å². The van der Waals surface area contributed by atoms with E-state index in [1.165, 1.54) is 12.5 Å². The van der Waals surface area contributed by atoms with Crippen molar-refractivity contribution in [3.63, 3.8) is 0 Å². The van der Waals surface area contributed by atoms with Crippen molar-refractivity contribution in [2.45, 2.75) is 0 Å². The average molecular weight is 175 g/mol. The highest BCUT2D eigenvalue weighted by Crippen LogP contribution is 2.16. The summed E-state index contributed by atoms with van der Waals surface area (Å²) in [6, 6.07) is 4.94. The maximum Gasteiger partial charge on any atom is 0.222 e. The van der Waals surface area contributed by atoms with Crippen LogP contribution in [0.3, 0.4) is 0 Å². The Morgan fingerprint density at radius 3 is 2.69 bits per heavy atom. The number of aromatic nitrogens is 3. The zero-order chi connectivity index (χ0) is 9.10. The van der Waals surface area contributed by atoms with Crippen LogP contribution in [0.25, 0.3) is 11.3 Å². The normalized spacial score (nSPS) is 9.92. The van der Waals surface area contributed by atoms with Crippen LogP contribution < -0.4 is 0 Å². The molecular formula is C9H6FN3. The Morgan fingerprint density at radius 2 is 2.00 bits per heavy atom. The lowest BCUT2D eigenvalue weighted by Gasteiger charge is -1.98. The molecule has 13 heavy (non-hydrogen) atoms. The van der Waals surface area contributed by atoms with Gasteiger partial charge in [-0.05, 0) is 18.2 Å². The van der Waals surface area contributed by atoms with Crippen molar-refractivity contribution in [1.82, 2.24) is 15.0 Å². The molecule has 2 heterocycles. The van der Waals surface area contributed by atoms with E-state index in [2.05, 4.69) is 15.0 Å². The summed E-state index contributed by atoms with van der Waals surface area (Å²) in [4.78, 5) is 11.2. The Labute approximate surface area is 74.3 Å². The van der Waals surface area contributed by atoms with E-state index in [1.807, 2.05) is 0 Å². The quantitative estimate of drug-likeness (QED) is 0.619. The standard InChI is InChI=1S/C9H6FN3/c10-9-7(2-1-4-12-9)8-3-5-11-6-13-8/h1-6H. The maximum atomic E-state index is 13.1. The van der Waals surface area contributed by atoms with Gasteiger partial charge in [-0.2, -0.15) is 4.39 Å². The van der Waals surface area contributed by atoms with Crippen molar-refractivity contribution in [2.75, 3.05) is 0 Å². The SMILES string of the molecule is Fc1ncccc1-c1ccncn1. The first-order valence-corrected chi connectivity index (χ1v) is 3.75. The van der Waals surface area contributed by atoms with Crippen molar-refractivity contribution in [3.8, 4) is 11.3 Å². The molecule has 0 aromatic carbocycles. The summed E-state index contributed by atoms with van der Waals surface area (Å²) in [6.07, 6.45) is 4.34. The molecule has 0 atom stereocenters. The number of pyridine rings is 1. The zero-order valence-corrected chi connectivity index (χ0v) is 6.68. The van der Waals surface area contributed by atoms with Gasteiger partial charge < -0.3 is 0 Å². The van der Waals surface area contributed by atoms with Gasteiger partial charge in [-0.3, -0.25) is 0 Å². The van der Waals surface area contributed by atoms with E-state index in [4.69, 9.17) is 0 Å². The van der Waals surface area contributed by atoms with Gasteiger partial charge in [0.05, 0.1) is 11.3 Å². The molecule has 2 rings (SSSR count). The number of hydrogen-bond donors (Lipinski definition) is 0. The fourth-order valence-corrected chi connectivity index (χ4v) is 1.03. The molecule has 64 valence electrons. The van der Waals surface area contributed by atoms with Gasteiger partial charge in [0, 0.05) is 12.4 Å². The summed E-state index contributed by atoms with van der Waals surface area (Å²) in [6.45, 7) is 0. The highest BCUT2D eigenvalue weighted by molar-refractivity contribution is 5.57. The van der Waals surface area contributed by atoms with E-state index in [-0.39, 0.29) is 0 Å². The third-order valence-corrected chi connectivity index (χ3v) is 1.62. The molecule has 0 saturated heterocycles. The minimum Gasteiger partial charge on any atom is -0.245 e. The maximum absolute atomic E-state index is 13.1. The van der Waals surface area contributed by atoms with E-state index >= 15 is 0 Å². The van der Waals surface area contributed by atoms with Crippen molar-refractivity contribution in [3.05, 3.63) is 42.9 Å². The number of nitrogens with zero attached hydrogens (tertiary/aromatic N) is 3. The van der Waals surface area contributed by atoms with Crippen LogP contribution in [0.15, 0.2) is 36.9 Å². The second-order valence-corrected chi connectivity index (χ2v) is 2.44. The monoisotopic (exact) mass is 175 g/mol. The second-order valence-electron chi connectivity index (χ2n) is 2.44. The van der Waals surface area contributed by atoms with Gasteiger partial charge in [-0.15, -0.1) is 0 Å². The number of hydrogen-bond acceptors (Lipinski definition) is 3. The predicted octanol–water partition coefficient (Wildman–Crippen LogP) is 1.68. The minimum absolute atomic E-state index is 0.393. The molecule has 0 N–H and O–H groups in total. The average Bonchev–Trinajstić information content (AvgIpc) is 2.20. The molecule has 2 aromatic rings. The zero-order valence-electron chi connectivity index (χ0n) is 6.68. The summed E-state index contributed by atoms with van der Waals surface area (Å²) in [7, 11) is 0. The second kappa shape index (κ2) is 3.26. The summed E-state index contributed by atoms with van der Waals surface area (Å²) in [5.74, 6) is -0.513. The molecule has 4 heteroatoms. The Bertz CT molecular complexity index is 403. The molecule has 0 bridgehead atoms. The molecule has 0 amide bonds. The van der Waals surface area contributed by atoms with E-state index in [9.17, 15) is 4.39 Å². The summed E-state index contributed by atoms with van der Waals surface area (Å²) in [5.41, 5.74) is 0.936. The van der Waals surface area contributed by atoms with Crippen molar-refractivity contribution in [2.24, 2.45) is 0 Å². The van der Waals surface area contributed by atoms with Crippen molar-refractivity contribution in [1.29, 1.82) is 0 Å². The Hall–Kier alpha value is -1.84. The molecule has 0 saturated carbocycles. The van der Waals surface area contributed by atoms with E-state index < -0.39 is 5.95 Å².